The summed E-state index contributed by atoms with van der Waals surface area (Å²) in [6, 6.07) is 15.1. The molecule has 0 unspecified atom stereocenters. The lowest BCUT2D eigenvalue weighted by atomic mass is 10.1. The van der Waals surface area contributed by atoms with Crippen molar-refractivity contribution >= 4 is 29.4 Å². The minimum absolute atomic E-state index is 0.0426. The summed E-state index contributed by atoms with van der Waals surface area (Å²) in [5, 5.41) is 2.23. The molecule has 3 aromatic rings. The first-order chi connectivity index (χ1) is 15.8. The number of hydrogen-bond acceptors (Lipinski definition) is 5. The van der Waals surface area contributed by atoms with Gasteiger partial charge in [-0.05, 0) is 42.0 Å². The first kappa shape index (κ1) is 21.8. The van der Waals surface area contributed by atoms with Crippen LogP contribution in [0.2, 0.25) is 0 Å². The summed E-state index contributed by atoms with van der Waals surface area (Å²) in [5.41, 5.74) is 1.15. The zero-order valence-corrected chi connectivity index (χ0v) is 17.0. The zero-order valence-electron chi connectivity index (χ0n) is 17.0. The number of hydrogen-bond donors (Lipinski definition) is 1. The van der Waals surface area contributed by atoms with Crippen molar-refractivity contribution in [2.75, 3.05) is 11.9 Å². The third-order valence-corrected chi connectivity index (χ3v) is 4.86. The van der Waals surface area contributed by atoms with Crippen LogP contribution in [0.5, 0.6) is 0 Å². The van der Waals surface area contributed by atoms with E-state index in [1.165, 1.54) is 12.1 Å². The standard InChI is InChI=1S/C24H16F2N2O5/c25-16-9-17(26)11-18(10-16)27-21(29)13-33-24(32)15-5-3-4-14(8-15)12-28-22(30)19-6-1-2-7-20(19)23(28)31/h1-11H,12-13H2,(H,27,29). The van der Waals surface area contributed by atoms with E-state index in [1.54, 1.807) is 36.4 Å². The Labute approximate surface area is 186 Å². The van der Waals surface area contributed by atoms with Crippen LogP contribution in [0.25, 0.3) is 0 Å². The van der Waals surface area contributed by atoms with Crippen LogP contribution in [0.4, 0.5) is 14.5 Å². The molecule has 0 fully saturated rings. The lowest BCUT2D eigenvalue weighted by Gasteiger charge is -2.14. The summed E-state index contributed by atoms with van der Waals surface area (Å²) in [7, 11) is 0. The van der Waals surface area contributed by atoms with E-state index in [0.717, 1.165) is 17.0 Å². The smallest absolute Gasteiger partial charge is 0.338 e. The summed E-state index contributed by atoms with van der Waals surface area (Å²) in [4.78, 5) is 50.4. The van der Waals surface area contributed by atoms with Crippen LogP contribution < -0.4 is 5.32 Å². The molecule has 1 aliphatic rings. The number of ether oxygens (including phenoxy) is 1. The molecule has 0 bridgehead atoms. The van der Waals surface area contributed by atoms with E-state index in [9.17, 15) is 28.0 Å². The van der Waals surface area contributed by atoms with Gasteiger partial charge in [0.2, 0.25) is 0 Å². The van der Waals surface area contributed by atoms with Gasteiger partial charge in [-0.3, -0.25) is 19.3 Å². The Morgan fingerprint density at radius 2 is 1.48 bits per heavy atom. The molecule has 0 spiro atoms. The lowest BCUT2D eigenvalue weighted by molar-refractivity contribution is -0.119. The quantitative estimate of drug-likeness (QED) is 0.458. The van der Waals surface area contributed by atoms with Gasteiger partial charge in [0.25, 0.3) is 17.7 Å². The number of carbonyl (C=O) groups excluding carboxylic acids is 4. The third-order valence-electron chi connectivity index (χ3n) is 4.86. The van der Waals surface area contributed by atoms with Crippen molar-refractivity contribution in [1.29, 1.82) is 0 Å². The number of benzene rings is 3. The number of nitrogens with one attached hydrogen (secondary N) is 1. The molecule has 4 rings (SSSR count). The van der Waals surface area contributed by atoms with Gasteiger partial charge in [-0.15, -0.1) is 0 Å². The van der Waals surface area contributed by atoms with E-state index in [-0.39, 0.29) is 17.8 Å². The van der Waals surface area contributed by atoms with Crippen molar-refractivity contribution in [3.05, 3.63) is 101 Å². The zero-order chi connectivity index (χ0) is 23.5. The summed E-state index contributed by atoms with van der Waals surface area (Å²) in [6.07, 6.45) is 0. The first-order valence-corrected chi connectivity index (χ1v) is 9.79. The number of nitrogens with zero attached hydrogens (tertiary/aromatic N) is 1. The monoisotopic (exact) mass is 450 g/mol. The SMILES string of the molecule is O=C(COC(=O)c1cccc(CN2C(=O)c3ccccc3C2=O)c1)Nc1cc(F)cc(F)c1. The molecule has 166 valence electrons. The second-order valence-corrected chi connectivity index (χ2v) is 7.22. The van der Waals surface area contributed by atoms with Gasteiger partial charge in [0.1, 0.15) is 11.6 Å². The number of rotatable bonds is 6. The van der Waals surface area contributed by atoms with E-state index >= 15 is 0 Å². The van der Waals surface area contributed by atoms with Crippen LogP contribution in [0.3, 0.4) is 0 Å². The molecule has 0 saturated heterocycles. The molecule has 0 atom stereocenters. The second-order valence-electron chi connectivity index (χ2n) is 7.22. The van der Waals surface area contributed by atoms with E-state index < -0.39 is 41.9 Å². The average molecular weight is 450 g/mol. The maximum Gasteiger partial charge on any atom is 0.338 e. The van der Waals surface area contributed by atoms with E-state index in [4.69, 9.17) is 4.74 Å². The predicted molar refractivity (Wildman–Crippen MR) is 112 cm³/mol. The molecule has 9 heteroatoms. The van der Waals surface area contributed by atoms with Gasteiger partial charge >= 0.3 is 5.97 Å². The number of fused-ring (bicyclic) bond motifs is 1. The fourth-order valence-electron chi connectivity index (χ4n) is 3.40. The van der Waals surface area contributed by atoms with E-state index in [2.05, 4.69) is 5.32 Å². The van der Waals surface area contributed by atoms with E-state index in [0.29, 0.717) is 22.8 Å². The lowest BCUT2D eigenvalue weighted by Crippen LogP contribution is -2.29. The molecule has 0 aromatic heterocycles. The van der Waals surface area contributed by atoms with Crippen molar-refractivity contribution in [2.45, 2.75) is 6.54 Å². The molecule has 3 aromatic carbocycles. The molecule has 0 saturated carbocycles. The minimum atomic E-state index is -0.864. The maximum absolute atomic E-state index is 13.2. The normalized spacial score (nSPS) is 12.5. The van der Waals surface area contributed by atoms with Crippen LogP contribution in [0.1, 0.15) is 36.6 Å². The highest BCUT2D eigenvalue weighted by molar-refractivity contribution is 6.21. The Morgan fingerprint density at radius 1 is 0.848 bits per heavy atom. The molecule has 0 radical (unpaired) electrons. The van der Waals surface area contributed by atoms with Gasteiger partial charge < -0.3 is 10.1 Å². The number of anilines is 1. The molecule has 7 nitrogen and oxygen atoms in total. The fraction of sp³-hybridized carbons (Fsp3) is 0.0833. The van der Waals surface area contributed by atoms with E-state index in [1.807, 2.05) is 0 Å². The van der Waals surface area contributed by atoms with Crippen LogP contribution in [0.15, 0.2) is 66.7 Å². The molecule has 3 amide bonds. The summed E-state index contributed by atoms with van der Waals surface area (Å²) in [6.45, 7) is -0.724. The summed E-state index contributed by atoms with van der Waals surface area (Å²) >= 11 is 0. The Morgan fingerprint density at radius 3 is 2.12 bits per heavy atom. The molecule has 1 aliphatic heterocycles. The Balaban J connectivity index is 1.37. The van der Waals surface area contributed by atoms with Gasteiger partial charge in [-0.25, -0.2) is 13.6 Å². The van der Waals surface area contributed by atoms with Gasteiger partial charge in [-0.1, -0.05) is 24.3 Å². The highest BCUT2D eigenvalue weighted by atomic mass is 19.1. The Hall–Kier alpha value is -4.40. The van der Waals surface area contributed by atoms with Gasteiger partial charge in [0.05, 0.1) is 23.2 Å². The molecule has 1 N–H and O–H groups in total. The topological polar surface area (TPSA) is 92.8 Å². The van der Waals surface area contributed by atoms with Crippen LogP contribution in [0, 0.1) is 11.6 Å². The largest absolute Gasteiger partial charge is 0.452 e. The first-order valence-electron chi connectivity index (χ1n) is 9.79. The number of amides is 3. The molecule has 1 heterocycles. The van der Waals surface area contributed by atoms with Crippen molar-refractivity contribution in [3.8, 4) is 0 Å². The van der Waals surface area contributed by atoms with Crippen molar-refractivity contribution < 1.29 is 32.7 Å². The Kier molecular flexibility index (Phi) is 5.95. The maximum atomic E-state index is 13.2. The van der Waals surface area contributed by atoms with Gasteiger partial charge in [-0.2, -0.15) is 0 Å². The van der Waals surface area contributed by atoms with Crippen LogP contribution in [-0.2, 0) is 16.1 Å². The van der Waals surface area contributed by atoms with Gasteiger partial charge in [0.15, 0.2) is 6.61 Å². The van der Waals surface area contributed by atoms with Gasteiger partial charge in [0, 0.05) is 11.8 Å². The predicted octanol–water partition coefficient (Wildman–Crippen LogP) is 3.56. The summed E-state index contributed by atoms with van der Waals surface area (Å²) in [5.74, 6) is -4.17. The molecular weight excluding hydrogens is 434 g/mol. The van der Waals surface area contributed by atoms with Crippen molar-refractivity contribution in [2.24, 2.45) is 0 Å². The second kappa shape index (κ2) is 8.99. The Bertz CT molecular complexity index is 1240. The number of esters is 1. The average Bonchev–Trinajstić information content (AvgIpc) is 3.02. The summed E-state index contributed by atoms with van der Waals surface area (Å²) < 4.78 is 31.4. The highest BCUT2D eigenvalue weighted by Crippen LogP contribution is 2.24. The fourth-order valence-corrected chi connectivity index (χ4v) is 3.40. The van der Waals surface area contributed by atoms with Crippen LogP contribution in [-0.4, -0.2) is 35.2 Å². The number of halogens is 2. The number of carbonyl (C=O) groups is 4. The van der Waals surface area contributed by atoms with Crippen molar-refractivity contribution in [3.63, 3.8) is 0 Å². The molecular formula is C24H16F2N2O5. The minimum Gasteiger partial charge on any atom is -0.452 e. The molecule has 33 heavy (non-hydrogen) atoms. The van der Waals surface area contributed by atoms with Crippen molar-refractivity contribution in [1.82, 2.24) is 4.90 Å². The van der Waals surface area contributed by atoms with Crippen LogP contribution >= 0.6 is 0 Å². The number of imide groups is 1. The third kappa shape index (κ3) is 4.77. The highest BCUT2D eigenvalue weighted by Gasteiger charge is 2.35. The molecule has 0 aliphatic carbocycles.